The average molecular weight is 257 g/mol. The van der Waals surface area contributed by atoms with Gasteiger partial charge in [0.2, 0.25) is 0 Å². The summed E-state index contributed by atoms with van der Waals surface area (Å²) in [6.07, 6.45) is 0.707. The van der Waals surface area contributed by atoms with E-state index in [1.165, 1.54) is 0 Å². The van der Waals surface area contributed by atoms with E-state index in [1.54, 1.807) is 11.3 Å². The number of amides is 2. The van der Waals surface area contributed by atoms with Gasteiger partial charge in [-0.1, -0.05) is 6.92 Å². The van der Waals surface area contributed by atoms with Gasteiger partial charge in [0.25, 0.3) is 0 Å². The Labute approximate surface area is 105 Å². The van der Waals surface area contributed by atoms with Gasteiger partial charge in [-0.05, 0) is 20.3 Å². The Hall–Kier alpha value is -1.14. The number of aliphatic hydroxyl groups excluding tert-OH is 1. The lowest BCUT2D eigenvalue weighted by molar-refractivity contribution is 0.214. The number of carbonyl (C=O) groups is 1. The smallest absolute Gasteiger partial charge is 0.315 e. The van der Waals surface area contributed by atoms with E-state index in [4.69, 9.17) is 5.11 Å². The second-order valence-electron chi connectivity index (χ2n) is 3.85. The largest absolute Gasteiger partial charge is 0.394 e. The first-order valence-corrected chi connectivity index (χ1v) is 6.46. The van der Waals surface area contributed by atoms with Crippen molar-refractivity contribution in [1.29, 1.82) is 0 Å². The molecular weight excluding hydrogens is 238 g/mol. The summed E-state index contributed by atoms with van der Waals surface area (Å²) in [5, 5.41) is 15.4. The number of hydrogen-bond donors (Lipinski definition) is 3. The van der Waals surface area contributed by atoms with E-state index in [9.17, 15) is 4.79 Å². The van der Waals surface area contributed by atoms with Crippen molar-refractivity contribution in [3.05, 3.63) is 15.6 Å². The minimum Gasteiger partial charge on any atom is -0.394 e. The van der Waals surface area contributed by atoms with E-state index in [-0.39, 0.29) is 18.7 Å². The molecule has 1 aromatic heterocycles. The predicted octanol–water partition coefficient (Wildman–Crippen LogP) is 1.33. The number of rotatable bonds is 5. The normalized spacial score (nSPS) is 12.2. The number of hydrogen-bond acceptors (Lipinski definition) is 4. The van der Waals surface area contributed by atoms with E-state index in [2.05, 4.69) is 15.6 Å². The van der Waals surface area contributed by atoms with Crippen LogP contribution in [0.2, 0.25) is 0 Å². The van der Waals surface area contributed by atoms with Crippen LogP contribution in [0.25, 0.3) is 0 Å². The molecule has 0 radical (unpaired) electrons. The third-order valence-corrected chi connectivity index (χ3v) is 3.39. The minimum atomic E-state index is -0.268. The fourth-order valence-corrected chi connectivity index (χ4v) is 2.25. The molecule has 0 saturated carbocycles. The van der Waals surface area contributed by atoms with E-state index >= 15 is 0 Å². The molecule has 0 fully saturated rings. The van der Waals surface area contributed by atoms with Crippen molar-refractivity contribution in [2.45, 2.75) is 39.8 Å². The van der Waals surface area contributed by atoms with Crippen LogP contribution < -0.4 is 10.6 Å². The van der Waals surface area contributed by atoms with Crippen LogP contribution in [0.15, 0.2) is 0 Å². The Morgan fingerprint density at radius 2 is 2.24 bits per heavy atom. The minimum absolute atomic E-state index is 0.0429. The Morgan fingerprint density at radius 1 is 1.53 bits per heavy atom. The van der Waals surface area contributed by atoms with Crippen LogP contribution in [0.4, 0.5) is 4.79 Å². The molecule has 0 bridgehead atoms. The molecule has 0 saturated heterocycles. The van der Waals surface area contributed by atoms with Crippen molar-refractivity contribution in [1.82, 2.24) is 15.6 Å². The van der Waals surface area contributed by atoms with Gasteiger partial charge in [0.15, 0.2) is 0 Å². The Bertz CT molecular complexity index is 375. The topological polar surface area (TPSA) is 74.2 Å². The lowest BCUT2D eigenvalue weighted by atomic mass is 10.2. The molecule has 0 aliphatic heterocycles. The highest BCUT2D eigenvalue weighted by Crippen LogP contribution is 2.15. The highest BCUT2D eigenvalue weighted by atomic mass is 32.1. The van der Waals surface area contributed by atoms with Gasteiger partial charge >= 0.3 is 6.03 Å². The van der Waals surface area contributed by atoms with Crippen molar-refractivity contribution in [2.24, 2.45) is 0 Å². The van der Waals surface area contributed by atoms with Crippen LogP contribution in [0.5, 0.6) is 0 Å². The summed E-state index contributed by atoms with van der Waals surface area (Å²) in [5.41, 5.74) is 0.902. The molecule has 0 aliphatic carbocycles. The molecule has 96 valence electrons. The molecule has 0 aromatic carbocycles. The lowest BCUT2D eigenvalue weighted by Gasteiger charge is -2.14. The van der Waals surface area contributed by atoms with Gasteiger partial charge < -0.3 is 15.7 Å². The first kappa shape index (κ1) is 13.9. The van der Waals surface area contributed by atoms with Crippen LogP contribution in [0, 0.1) is 13.8 Å². The highest BCUT2D eigenvalue weighted by Gasteiger charge is 2.10. The van der Waals surface area contributed by atoms with Gasteiger partial charge in [0.05, 0.1) is 29.9 Å². The number of aryl methyl sites for hydroxylation is 2. The van der Waals surface area contributed by atoms with Crippen molar-refractivity contribution < 1.29 is 9.90 Å². The second-order valence-corrected chi connectivity index (χ2v) is 5.26. The maximum absolute atomic E-state index is 11.5. The van der Waals surface area contributed by atoms with Crippen LogP contribution >= 0.6 is 11.3 Å². The number of aromatic nitrogens is 1. The number of urea groups is 1. The van der Waals surface area contributed by atoms with Crippen LogP contribution in [0.1, 0.15) is 28.9 Å². The molecule has 17 heavy (non-hydrogen) atoms. The fraction of sp³-hybridized carbons (Fsp3) is 0.636. The molecule has 1 rings (SSSR count). The van der Waals surface area contributed by atoms with Crippen LogP contribution in [0.3, 0.4) is 0 Å². The number of nitrogens with one attached hydrogen (secondary N) is 2. The van der Waals surface area contributed by atoms with E-state index in [1.807, 2.05) is 20.8 Å². The van der Waals surface area contributed by atoms with Gasteiger partial charge in [0.1, 0.15) is 0 Å². The zero-order chi connectivity index (χ0) is 12.8. The zero-order valence-electron chi connectivity index (χ0n) is 10.4. The van der Waals surface area contributed by atoms with Crippen molar-refractivity contribution in [2.75, 3.05) is 6.61 Å². The molecule has 3 N–H and O–H groups in total. The lowest BCUT2D eigenvalue weighted by Crippen LogP contribution is -2.43. The van der Waals surface area contributed by atoms with Gasteiger partial charge in [-0.15, -0.1) is 11.3 Å². The molecule has 6 heteroatoms. The predicted molar refractivity (Wildman–Crippen MR) is 68.1 cm³/mol. The maximum atomic E-state index is 11.5. The summed E-state index contributed by atoms with van der Waals surface area (Å²) in [4.78, 5) is 17.0. The van der Waals surface area contributed by atoms with E-state index < -0.39 is 0 Å². The third-order valence-electron chi connectivity index (χ3n) is 2.46. The quantitative estimate of drug-likeness (QED) is 0.745. The summed E-state index contributed by atoms with van der Waals surface area (Å²) >= 11 is 1.62. The van der Waals surface area contributed by atoms with Crippen molar-refractivity contribution >= 4 is 17.4 Å². The summed E-state index contributed by atoms with van der Waals surface area (Å²) in [6.45, 7) is 6.22. The fourth-order valence-electron chi connectivity index (χ4n) is 1.41. The molecule has 5 nitrogen and oxygen atoms in total. The van der Waals surface area contributed by atoms with Crippen molar-refractivity contribution in [3.8, 4) is 0 Å². The van der Waals surface area contributed by atoms with Crippen LogP contribution in [-0.4, -0.2) is 28.8 Å². The van der Waals surface area contributed by atoms with E-state index in [0.29, 0.717) is 13.0 Å². The first-order valence-electron chi connectivity index (χ1n) is 5.65. The molecule has 1 heterocycles. The third kappa shape index (κ3) is 4.32. The summed E-state index contributed by atoms with van der Waals surface area (Å²) in [7, 11) is 0. The van der Waals surface area contributed by atoms with Gasteiger partial charge in [-0.2, -0.15) is 0 Å². The number of carbonyl (C=O) groups excluding carboxylic acids is 1. The Kier molecular flexibility index (Phi) is 5.37. The number of nitrogens with zero attached hydrogens (tertiary/aromatic N) is 1. The Balaban J connectivity index is 2.40. The maximum Gasteiger partial charge on any atom is 0.315 e. The molecule has 1 unspecified atom stereocenters. The summed E-state index contributed by atoms with van der Waals surface area (Å²) in [5.74, 6) is 0. The van der Waals surface area contributed by atoms with Crippen LogP contribution in [-0.2, 0) is 6.54 Å². The summed E-state index contributed by atoms with van der Waals surface area (Å²) < 4.78 is 0. The standard InChI is InChI=1S/C11H19N3O2S/c1-4-9(6-15)14-11(16)12-5-10-7(2)17-8(3)13-10/h9,15H,4-6H2,1-3H3,(H2,12,14,16). The van der Waals surface area contributed by atoms with Gasteiger partial charge in [-0.3, -0.25) is 0 Å². The molecule has 0 spiro atoms. The monoisotopic (exact) mass is 257 g/mol. The summed E-state index contributed by atoms with van der Waals surface area (Å²) in [6, 6.07) is -0.454. The average Bonchev–Trinajstić information content (AvgIpc) is 2.62. The number of aliphatic hydroxyl groups is 1. The zero-order valence-corrected chi connectivity index (χ0v) is 11.2. The molecule has 2 amide bonds. The molecular formula is C11H19N3O2S. The van der Waals surface area contributed by atoms with Crippen molar-refractivity contribution in [3.63, 3.8) is 0 Å². The van der Waals surface area contributed by atoms with E-state index in [0.717, 1.165) is 15.6 Å². The molecule has 1 atom stereocenters. The van der Waals surface area contributed by atoms with Gasteiger partial charge in [0, 0.05) is 4.88 Å². The SMILES string of the molecule is CCC(CO)NC(=O)NCc1nc(C)sc1C. The first-order chi connectivity index (χ1) is 8.06. The number of thiazole rings is 1. The Morgan fingerprint density at radius 3 is 2.71 bits per heavy atom. The highest BCUT2D eigenvalue weighted by molar-refractivity contribution is 7.11. The molecule has 1 aromatic rings. The van der Waals surface area contributed by atoms with Gasteiger partial charge in [-0.25, -0.2) is 9.78 Å². The molecule has 0 aliphatic rings. The second kappa shape index (κ2) is 6.56.